The summed E-state index contributed by atoms with van der Waals surface area (Å²) in [6.07, 6.45) is 2.54. The van der Waals surface area contributed by atoms with Gasteiger partial charge in [-0.05, 0) is 12.8 Å². The minimum atomic E-state index is -0.263. The Labute approximate surface area is 114 Å². The summed E-state index contributed by atoms with van der Waals surface area (Å²) < 4.78 is 5.28. The lowest BCUT2D eigenvalue weighted by atomic mass is 10.1. The highest BCUT2D eigenvalue weighted by Gasteiger charge is 2.38. The molecule has 2 aliphatic rings. The summed E-state index contributed by atoms with van der Waals surface area (Å²) in [5.74, 6) is 0.310. The van der Waals surface area contributed by atoms with E-state index in [-0.39, 0.29) is 23.8 Å². The van der Waals surface area contributed by atoms with Crippen molar-refractivity contribution < 1.29 is 14.3 Å². The van der Waals surface area contributed by atoms with Gasteiger partial charge in [-0.25, -0.2) is 0 Å². The van der Waals surface area contributed by atoms with E-state index in [2.05, 4.69) is 6.92 Å². The number of rotatable bonds is 4. The molecule has 2 rings (SSSR count). The van der Waals surface area contributed by atoms with Crippen LogP contribution in [0.4, 0.5) is 0 Å². The normalized spacial score (nSPS) is 25.8. The van der Waals surface area contributed by atoms with E-state index in [1.807, 2.05) is 11.8 Å². The average Bonchev–Trinajstić information content (AvgIpc) is 2.77. The zero-order valence-electron chi connectivity index (χ0n) is 11.9. The highest BCUT2D eigenvalue weighted by molar-refractivity contribution is 5.89. The van der Waals surface area contributed by atoms with Crippen molar-refractivity contribution in [3.63, 3.8) is 0 Å². The van der Waals surface area contributed by atoms with Crippen LogP contribution in [0.5, 0.6) is 0 Å². The summed E-state index contributed by atoms with van der Waals surface area (Å²) in [6, 6.07) is -0.263. The zero-order chi connectivity index (χ0) is 13.8. The van der Waals surface area contributed by atoms with Crippen molar-refractivity contribution >= 4 is 11.8 Å². The van der Waals surface area contributed by atoms with Gasteiger partial charge in [0.25, 0.3) is 0 Å². The molecule has 5 heteroatoms. The van der Waals surface area contributed by atoms with Crippen LogP contribution in [0.2, 0.25) is 0 Å². The molecular formula is C14H24N2O3. The van der Waals surface area contributed by atoms with Gasteiger partial charge in [0.15, 0.2) is 0 Å². The zero-order valence-corrected chi connectivity index (χ0v) is 11.9. The first-order chi connectivity index (χ1) is 9.15. The summed E-state index contributed by atoms with van der Waals surface area (Å²) in [6.45, 7) is 7.24. The van der Waals surface area contributed by atoms with Gasteiger partial charge < -0.3 is 14.5 Å². The van der Waals surface area contributed by atoms with Crippen molar-refractivity contribution in [1.29, 1.82) is 0 Å². The summed E-state index contributed by atoms with van der Waals surface area (Å²) >= 11 is 0. The second kappa shape index (κ2) is 6.37. The Morgan fingerprint density at radius 3 is 2.58 bits per heavy atom. The Kier molecular flexibility index (Phi) is 4.80. The quantitative estimate of drug-likeness (QED) is 0.760. The van der Waals surface area contributed by atoms with Crippen molar-refractivity contribution in [2.24, 2.45) is 5.92 Å². The number of carbonyl (C=O) groups is 2. The molecule has 0 aliphatic carbocycles. The van der Waals surface area contributed by atoms with Crippen molar-refractivity contribution in [1.82, 2.24) is 9.80 Å². The highest BCUT2D eigenvalue weighted by atomic mass is 16.5. The maximum Gasteiger partial charge on any atom is 0.245 e. The molecule has 2 heterocycles. The van der Waals surface area contributed by atoms with E-state index < -0.39 is 0 Å². The largest absolute Gasteiger partial charge is 0.378 e. The van der Waals surface area contributed by atoms with Gasteiger partial charge in [-0.1, -0.05) is 20.3 Å². The van der Waals surface area contributed by atoms with Crippen molar-refractivity contribution in [2.45, 2.75) is 39.2 Å². The molecule has 0 aromatic heterocycles. The molecule has 2 saturated heterocycles. The second-order valence-corrected chi connectivity index (χ2v) is 5.46. The number of morpholine rings is 1. The Morgan fingerprint density at radius 1 is 1.37 bits per heavy atom. The number of hydrogen-bond acceptors (Lipinski definition) is 3. The molecule has 0 saturated carbocycles. The molecule has 0 bridgehead atoms. The lowest BCUT2D eigenvalue weighted by Gasteiger charge is -2.34. The number of nitrogens with zero attached hydrogens (tertiary/aromatic N) is 2. The second-order valence-electron chi connectivity index (χ2n) is 5.46. The van der Waals surface area contributed by atoms with Crippen LogP contribution in [0.3, 0.4) is 0 Å². The first-order valence-corrected chi connectivity index (χ1v) is 7.32. The maximum atomic E-state index is 12.6. The summed E-state index contributed by atoms with van der Waals surface area (Å²) in [5.41, 5.74) is 0. The smallest absolute Gasteiger partial charge is 0.245 e. The van der Waals surface area contributed by atoms with Crippen LogP contribution in [0, 0.1) is 5.92 Å². The molecule has 0 spiro atoms. The van der Waals surface area contributed by atoms with Gasteiger partial charge in [0.1, 0.15) is 6.04 Å². The molecule has 2 fully saturated rings. The van der Waals surface area contributed by atoms with Crippen molar-refractivity contribution in [3.8, 4) is 0 Å². The minimum absolute atomic E-state index is 0.0665. The van der Waals surface area contributed by atoms with E-state index in [1.165, 1.54) is 0 Å². The Bertz CT molecular complexity index is 340. The summed E-state index contributed by atoms with van der Waals surface area (Å²) in [7, 11) is 0. The number of hydrogen-bond donors (Lipinski definition) is 0. The SMILES string of the molecule is CCC[C@@H](C(=O)N1CCOCC1)N1CC[C@H](C)C1=O. The average molecular weight is 268 g/mol. The standard InChI is InChI=1S/C14H24N2O3/c1-3-4-12(16-6-5-11(2)13(16)17)14(18)15-7-9-19-10-8-15/h11-12H,3-10H2,1-2H3/t11-,12-/m0/s1. The van der Waals surface area contributed by atoms with Crippen LogP contribution in [-0.2, 0) is 14.3 Å². The van der Waals surface area contributed by atoms with Gasteiger partial charge in [-0.2, -0.15) is 0 Å². The van der Waals surface area contributed by atoms with Gasteiger partial charge >= 0.3 is 0 Å². The molecule has 2 aliphatic heterocycles. The van der Waals surface area contributed by atoms with Crippen LogP contribution in [0.25, 0.3) is 0 Å². The Morgan fingerprint density at radius 2 is 2.05 bits per heavy atom. The molecule has 0 N–H and O–H groups in total. The van der Waals surface area contributed by atoms with Crippen molar-refractivity contribution in [2.75, 3.05) is 32.8 Å². The van der Waals surface area contributed by atoms with Gasteiger partial charge in [0, 0.05) is 25.6 Å². The highest BCUT2D eigenvalue weighted by Crippen LogP contribution is 2.23. The minimum Gasteiger partial charge on any atom is -0.378 e. The van der Waals surface area contributed by atoms with Crippen LogP contribution in [0.1, 0.15) is 33.1 Å². The molecule has 0 unspecified atom stereocenters. The van der Waals surface area contributed by atoms with Crippen LogP contribution in [-0.4, -0.2) is 60.5 Å². The van der Waals surface area contributed by atoms with E-state index in [4.69, 9.17) is 4.74 Å². The molecule has 19 heavy (non-hydrogen) atoms. The van der Waals surface area contributed by atoms with E-state index in [0.29, 0.717) is 26.3 Å². The first-order valence-electron chi connectivity index (χ1n) is 7.32. The summed E-state index contributed by atoms with van der Waals surface area (Å²) in [4.78, 5) is 28.4. The predicted octanol–water partition coefficient (Wildman–Crippen LogP) is 0.882. The van der Waals surface area contributed by atoms with Crippen LogP contribution < -0.4 is 0 Å². The molecule has 2 amide bonds. The van der Waals surface area contributed by atoms with E-state index in [1.54, 1.807) is 4.90 Å². The molecule has 0 radical (unpaired) electrons. The van der Waals surface area contributed by atoms with Gasteiger partial charge in [0.05, 0.1) is 13.2 Å². The fraction of sp³-hybridized carbons (Fsp3) is 0.857. The van der Waals surface area contributed by atoms with Gasteiger partial charge in [-0.15, -0.1) is 0 Å². The molecule has 108 valence electrons. The lowest BCUT2D eigenvalue weighted by molar-refractivity contribution is -0.147. The third kappa shape index (κ3) is 3.08. The topological polar surface area (TPSA) is 49.9 Å². The molecule has 0 aromatic rings. The van der Waals surface area contributed by atoms with E-state index in [9.17, 15) is 9.59 Å². The fourth-order valence-electron chi connectivity index (χ4n) is 2.84. The van der Waals surface area contributed by atoms with E-state index >= 15 is 0 Å². The van der Waals surface area contributed by atoms with Crippen LogP contribution >= 0.6 is 0 Å². The number of likely N-dealkylation sites (tertiary alicyclic amines) is 1. The third-order valence-electron chi connectivity index (χ3n) is 4.05. The number of amides is 2. The van der Waals surface area contributed by atoms with Crippen molar-refractivity contribution in [3.05, 3.63) is 0 Å². The third-order valence-corrected chi connectivity index (χ3v) is 4.05. The molecule has 5 nitrogen and oxygen atoms in total. The van der Waals surface area contributed by atoms with Gasteiger partial charge in [-0.3, -0.25) is 9.59 Å². The number of ether oxygens (including phenoxy) is 1. The predicted molar refractivity (Wildman–Crippen MR) is 71.6 cm³/mol. The van der Waals surface area contributed by atoms with Gasteiger partial charge in [0.2, 0.25) is 11.8 Å². The maximum absolute atomic E-state index is 12.6. The molecular weight excluding hydrogens is 244 g/mol. The monoisotopic (exact) mass is 268 g/mol. The van der Waals surface area contributed by atoms with E-state index in [0.717, 1.165) is 25.8 Å². The Balaban J connectivity index is 2.06. The number of carbonyl (C=O) groups excluding carboxylic acids is 2. The van der Waals surface area contributed by atoms with Crippen LogP contribution in [0.15, 0.2) is 0 Å². The lowest BCUT2D eigenvalue weighted by Crippen LogP contribution is -2.52. The molecule has 2 atom stereocenters. The Hall–Kier alpha value is -1.10. The fourth-order valence-corrected chi connectivity index (χ4v) is 2.84. The molecule has 0 aromatic carbocycles. The first kappa shape index (κ1) is 14.3. The summed E-state index contributed by atoms with van der Waals surface area (Å²) in [5, 5.41) is 0.